The SMILES string of the molecule is C=C(N=C1/C(=C\C)N(C)CCCN1C(=C)Nc1ccc2c(c1)CCC2)C(/C=C\C=C\C(C)(F)F)=C/C. The summed E-state index contributed by atoms with van der Waals surface area (Å²) in [6.45, 7) is 14.9. The molecule has 0 radical (unpaired) electrons. The van der Waals surface area contributed by atoms with E-state index in [4.69, 9.17) is 4.99 Å². The summed E-state index contributed by atoms with van der Waals surface area (Å²) in [7, 11) is 2.06. The summed E-state index contributed by atoms with van der Waals surface area (Å²) < 4.78 is 26.2. The van der Waals surface area contributed by atoms with E-state index in [1.165, 1.54) is 23.6 Å². The molecule has 2 aliphatic rings. The summed E-state index contributed by atoms with van der Waals surface area (Å²) in [4.78, 5) is 9.23. The quantitative estimate of drug-likeness (QED) is 0.389. The molecule has 1 fully saturated rings. The van der Waals surface area contributed by atoms with E-state index < -0.39 is 5.92 Å². The van der Waals surface area contributed by atoms with Crippen molar-refractivity contribution < 1.29 is 8.78 Å². The van der Waals surface area contributed by atoms with Gasteiger partial charge in [0.25, 0.3) is 5.92 Å². The smallest absolute Gasteiger partial charge is 0.264 e. The van der Waals surface area contributed by atoms with Gasteiger partial charge in [-0.1, -0.05) is 49.6 Å². The van der Waals surface area contributed by atoms with Crippen molar-refractivity contribution in [2.75, 3.05) is 25.5 Å². The fourth-order valence-electron chi connectivity index (χ4n) is 4.55. The fourth-order valence-corrected chi connectivity index (χ4v) is 4.55. The highest BCUT2D eigenvalue weighted by molar-refractivity contribution is 6.00. The number of likely N-dealkylation sites (N-methyl/N-ethyl adjacent to an activating group) is 1. The lowest BCUT2D eigenvalue weighted by Crippen LogP contribution is -2.35. The first kappa shape index (κ1) is 27.2. The Morgan fingerprint density at radius 3 is 2.53 bits per heavy atom. The predicted octanol–water partition coefficient (Wildman–Crippen LogP) is 7.23. The number of halogens is 2. The van der Waals surface area contributed by atoms with Gasteiger partial charge >= 0.3 is 0 Å². The van der Waals surface area contributed by atoms with Crippen molar-refractivity contribution in [1.29, 1.82) is 0 Å². The van der Waals surface area contributed by atoms with Crippen LogP contribution in [-0.4, -0.2) is 41.7 Å². The molecule has 1 aliphatic carbocycles. The van der Waals surface area contributed by atoms with Crippen LogP contribution in [0.2, 0.25) is 0 Å². The molecule has 0 atom stereocenters. The Morgan fingerprint density at radius 2 is 1.83 bits per heavy atom. The third-order valence-electron chi connectivity index (χ3n) is 6.42. The van der Waals surface area contributed by atoms with Crippen LogP contribution in [0.1, 0.15) is 44.7 Å². The minimum atomic E-state index is -2.85. The zero-order valence-corrected chi connectivity index (χ0v) is 22.0. The molecule has 3 rings (SSSR count). The Balaban J connectivity index is 1.88. The van der Waals surface area contributed by atoms with Crippen molar-refractivity contribution in [2.45, 2.75) is 52.4 Å². The number of nitrogens with one attached hydrogen (secondary N) is 1. The van der Waals surface area contributed by atoms with Crippen molar-refractivity contribution in [1.82, 2.24) is 9.80 Å². The first-order chi connectivity index (χ1) is 17.1. The van der Waals surface area contributed by atoms with E-state index in [0.717, 1.165) is 74.0 Å². The molecule has 0 aromatic heterocycles. The number of benzene rings is 1. The number of hydrogen-bond acceptors (Lipinski definition) is 3. The van der Waals surface area contributed by atoms with Crippen molar-refractivity contribution in [3.63, 3.8) is 0 Å². The Morgan fingerprint density at radius 1 is 1.08 bits per heavy atom. The summed E-state index contributed by atoms with van der Waals surface area (Å²) in [6.07, 6.45) is 13.9. The molecule has 1 aromatic carbocycles. The van der Waals surface area contributed by atoms with Crippen molar-refractivity contribution in [3.05, 3.63) is 102 Å². The normalized spacial score (nSPS) is 19.4. The van der Waals surface area contributed by atoms with Gasteiger partial charge in [-0.25, -0.2) is 13.8 Å². The van der Waals surface area contributed by atoms with E-state index in [9.17, 15) is 8.78 Å². The maximum atomic E-state index is 13.1. The van der Waals surface area contributed by atoms with Gasteiger partial charge in [0.05, 0.1) is 11.4 Å². The maximum Gasteiger partial charge on any atom is 0.264 e. The molecule has 0 unspecified atom stereocenters. The van der Waals surface area contributed by atoms with Gasteiger partial charge < -0.3 is 15.1 Å². The highest BCUT2D eigenvalue weighted by atomic mass is 19.3. The molecule has 1 heterocycles. The van der Waals surface area contributed by atoms with Crippen LogP contribution in [0.15, 0.2) is 95.6 Å². The predicted molar refractivity (Wildman–Crippen MR) is 148 cm³/mol. The second kappa shape index (κ2) is 12.0. The number of aliphatic imine (C=N–C) groups is 1. The summed E-state index contributed by atoms with van der Waals surface area (Å²) in [5.74, 6) is -1.35. The molecule has 1 aromatic rings. The highest BCUT2D eigenvalue weighted by Gasteiger charge is 2.25. The molecule has 1 N–H and O–H groups in total. The highest BCUT2D eigenvalue weighted by Crippen LogP contribution is 2.27. The third kappa shape index (κ3) is 7.06. The van der Waals surface area contributed by atoms with Crippen LogP contribution in [0.5, 0.6) is 0 Å². The molecule has 6 heteroatoms. The molecular weight excluding hydrogens is 454 g/mol. The number of amidine groups is 1. The first-order valence-electron chi connectivity index (χ1n) is 12.5. The van der Waals surface area contributed by atoms with E-state index >= 15 is 0 Å². The largest absolute Gasteiger partial charge is 0.372 e. The molecule has 0 bridgehead atoms. The minimum Gasteiger partial charge on any atom is -0.372 e. The van der Waals surface area contributed by atoms with E-state index in [2.05, 4.69) is 53.5 Å². The number of alkyl halides is 2. The lowest BCUT2D eigenvalue weighted by Gasteiger charge is -2.29. The number of hydrogen-bond donors (Lipinski definition) is 1. The average Bonchev–Trinajstić information content (AvgIpc) is 3.22. The molecule has 4 nitrogen and oxygen atoms in total. The van der Waals surface area contributed by atoms with E-state index in [1.807, 2.05) is 26.0 Å². The van der Waals surface area contributed by atoms with Gasteiger partial charge in [0.1, 0.15) is 5.82 Å². The molecule has 1 aliphatic heterocycles. The molecule has 0 saturated carbocycles. The second-order valence-corrected chi connectivity index (χ2v) is 9.31. The molecule has 0 spiro atoms. The van der Waals surface area contributed by atoms with Crippen LogP contribution in [-0.2, 0) is 12.8 Å². The Hall–Kier alpha value is -3.41. The van der Waals surface area contributed by atoms with Gasteiger partial charge in [-0.3, -0.25) is 0 Å². The zero-order chi connectivity index (χ0) is 26.3. The summed E-state index contributed by atoms with van der Waals surface area (Å²) in [5.41, 5.74) is 6.14. The summed E-state index contributed by atoms with van der Waals surface area (Å²) >= 11 is 0. The number of nitrogens with zero attached hydrogens (tertiary/aromatic N) is 3. The summed E-state index contributed by atoms with van der Waals surface area (Å²) in [6, 6.07) is 6.54. The number of aryl methyl sites for hydroxylation is 2. The molecular formula is C30H38F2N4. The van der Waals surface area contributed by atoms with Crippen LogP contribution in [0, 0.1) is 0 Å². The number of anilines is 1. The van der Waals surface area contributed by atoms with Crippen LogP contribution in [0.4, 0.5) is 14.5 Å². The van der Waals surface area contributed by atoms with Crippen molar-refractivity contribution >= 4 is 11.5 Å². The molecule has 36 heavy (non-hydrogen) atoms. The lowest BCUT2D eigenvalue weighted by atomic mass is 10.1. The Bertz CT molecular complexity index is 1130. The Labute approximate surface area is 214 Å². The molecule has 0 amide bonds. The zero-order valence-electron chi connectivity index (χ0n) is 22.0. The van der Waals surface area contributed by atoms with Gasteiger partial charge in [0, 0.05) is 32.7 Å². The van der Waals surface area contributed by atoms with Crippen molar-refractivity contribution in [2.24, 2.45) is 4.99 Å². The van der Waals surface area contributed by atoms with Gasteiger partial charge in [-0.15, -0.1) is 0 Å². The van der Waals surface area contributed by atoms with Gasteiger partial charge in [-0.2, -0.15) is 0 Å². The van der Waals surface area contributed by atoms with E-state index in [-0.39, 0.29) is 0 Å². The van der Waals surface area contributed by atoms with Gasteiger partial charge in [-0.05, 0) is 74.4 Å². The van der Waals surface area contributed by atoms with Gasteiger partial charge in [0.2, 0.25) is 0 Å². The summed E-state index contributed by atoms with van der Waals surface area (Å²) in [5, 5.41) is 3.50. The second-order valence-electron chi connectivity index (χ2n) is 9.31. The fraction of sp³-hybridized carbons (Fsp3) is 0.367. The number of allylic oxidation sites excluding steroid dienone is 6. The van der Waals surface area contributed by atoms with E-state index in [1.54, 1.807) is 12.2 Å². The minimum absolute atomic E-state index is 0.547. The molecule has 192 valence electrons. The van der Waals surface area contributed by atoms with Crippen LogP contribution in [0.3, 0.4) is 0 Å². The van der Waals surface area contributed by atoms with Crippen molar-refractivity contribution in [3.8, 4) is 0 Å². The Kier molecular flexibility index (Phi) is 9.08. The van der Waals surface area contributed by atoms with Crippen LogP contribution in [0.25, 0.3) is 0 Å². The maximum absolute atomic E-state index is 13.1. The van der Waals surface area contributed by atoms with Crippen LogP contribution < -0.4 is 5.32 Å². The monoisotopic (exact) mass is 492 g/mol. The standard InChI is InChI=1S/C30H38F2N4/c1-7-24(13-9-10-18-30(5,31)32)22(3)33-29-28(8-2)35(6)19-12-20-36(29)23(4)34-27-17-16-25-14-11-15-26(25)21-27/h7-10,13,16-18,21,34H,3-4,11-12,14-15,19-20H2,1-2,5-6H3/b13-9-,18-10+,24-7+,28-8+,33-29?. The topological polar surface area (TPSA) is 30.9 Å². The number of fused-ring (bicyclic) bond motifs is 1. The third-order valence-corrected chi connectivity index (χ3v) is 6.42. The van der Waals surface area contributed by atoms with Crippen LogP contribution >= 0.6 is 0 Å². The van der Waals surface area contributed by atoms with E-state index in [0.29, 0.717) is 5.70 Å². The number of rotatable bonds is 8. The van der Waals surface area contributed by atoms with Gasteiger partial charge in [0.15, 0.2) is 5.84 Å². The lowest BCUT2D eigenvalue weighted by molar-refractivity contribution is 0.0775. The average molecular weight is 493 g/mol. The molecule has 1 saturated heterocycles. The first-order valence-corrected chi connectivity index (χ1v) is 12.5.